The molecular weight excluding hydrogens is 282 g/mol. The van der Waals surface area contributed by atoms with Gasteiger partial charge in [-0.3, -0.25) is 14.6 Å². The molecule has 0 aromatic rings. The van der Waals surface area contributed by atoms with Crippen molar-refractivity contribution in [2.24, 2.45) is 22.2 Å². The summed E-state index contributed by atoms with van der Waals surface area (Å²) in [5.74, 6) is -3.06. The fraction of sp³-hybridized carbons (Fsp3) is 0.636. The fourth-order valence-electron chi connectivity index (χ4n) is 1.44. The maximum atomic E-state index is 11.5. The van der Waals surface area contributed by atoms with E-state index in [1.807, 2.05) is 0 Å². The highest BCUT2D eigenvalue weighted by atomic mass is 16.4. The third-order valence-corrected chi connectivity index (χ3v) is 2.58. The molecule has 0 fully saturated rings. The normalized spacial score (nSPS) is 13.0. The number of carbonyl (C=O) groups is 3. The lowest BCUT2D eigenvalue weighted by Gasteiger charge is -2.14. The van der Waals surface area contributed by atoms with Crippen LogP contribution in [0.3, 0.4) is 0 Å². The van der Waals surface area contributed by atoms with Crippen molar-refractivity contribution in [3.63, 3.8) is 0 Å². The average molecular weight is 303 g/mol. The minimum atomic E-state index is -1.21. The van der Waals surface area contributed by atoms with Crippen LogP contribution in [0.4, 0.5) is 0 Å². The first kappa shape index (κ1) is 18.6. The zero-order valence-electron chi connectivity index (χ0n) is 11.5. The summed E-state index contributed by atoms with van der Waals surface area (Å²) in [5.41, 5.74) is 15.5. The summed E-state index contributed by atoms with van der Waals surface area (Å²) < 4.78 is 0. The largest absolute Gasteiger partial charge is 0.480 e. The number of nitrogens with one attached hydrogen (secondary N) is 1. The Bertz CT molecular complexity index is 408. The van der Waals surface area contributed by atoms with E-state index in [0.717, 1.165) is 0 Å². The number of guanidine groups is 1. The molecule has 0 saturated carbocycles. The first-order chi connectivity index (χ1) is 9.73. The Balaban J connectivity index is 4.19. The van der Waals surface area contributed by atoms with Crippen molar-refractivity contribution >= 4 is 23.8 Å². The van der Waals surface area contributed by atoms with E-state index >= 15 is 0 Å². The lowest BCUT2D eigenvalue weighted by Crippen LogP contribution is -2.41. The molecule has 0 heterocycles. The Morgan fingerprint density at radius 1 is 1.10 bits per heavy atom. The van der Waals surface area contributed by atoms with Crippen molar-refractivity contribution in [3.8, 4) is 0 Å². The summed E-state index contributed by atoms with van der Waals surface area (Å²) in [6.07, 6.45) is 0.305. The van der Waals surface area contributed by atoms with Crippen LogP contribution < -0.4 is 22.5 Å². The Labute approximate surface area is 121 Å². The van der Waals surface area contributed by atoms with E-state index in [9.17, 15) is 14.4 Å². The number of carbonyl (C=O) groups excluding carboxylic acids is 1. The Morgan fingerprint density at radius 3 is 2.19 bits per heavy atom. The average Bonchev–Trinajstić information content (AvgIpc) is 2.38. The standard InChI is InChI=1S/C11H21N5O5/c12-6(9(18)19)3-4-8(17)16-7(10(20)21)2-1-5-15-11(13)14/h6-7H,1-5,12H2,(H,16,17)(H,18,19)(H,20,21)(H4,13,14,15)/t6-,7-/m0/s1. The second kappa shape index (κ2) is 9.53. The van der Waals surface area contributed by atoms with Crippen molar-refractivity contribution in [1.29, 1.82) is 0 Å². The van der Waals surface area contributed by atoms with Crippen LogP contribution in [-0.4, -0.2) is 52.6 Å². The van der Waals surface area contributed by atoms with Crippen molar-refractivity contribution in [2.45, 2.75) is 37.8 Å². The summed E-state index contributed by atoms with van der Waals surface area (Å²) in [5, 5.41) is 19.8. The predicted molar refractivity (Wildman–Crippen MR) is 74.3 cm³/mol. The summed E-state index contributed by atoms with van der Waals surface area (Å²) in [7, 11) is 0. The molecule has 0 bridgehead atoms. The first-order valence-electron chi connectivity index (χ1n) is 6.30. The summed E-state index contributed by atoms with van der Waals surface area (Å²) in [4.78, 5) is 36.7. The SMILES string of the molecule is NC(N)=NCCC[C@H](NC(=O)CC[C@H](N)C(=O)O)C(=O)O. The first-order valence-corrected chi connectivity index (χ1v) is 6.30. The van der Waals surface area contributed by atoms with Gasteiger partial charge in [-0.15, -0.1) is 0 Å². The summed E-state index contributed by atoms with van der Waals surface area (Å²) >= 11 is 0. The number of rotatable bonds is 10. The minimum absolute atomic E-state index is 0.0680. The van der Waals surface area contributed by atoms with Gasteiger partial charge in [0.1, 0.15) is 12.1 Å². The van der Waals surface area contributed by atoms with Gasteiger partial charge in [-0.1, -0.05) is 0 Å². The number of aliphatic carboxylic acids is 2. The molecule has 0 spiro atoms. The van der Waals surface area contributed by atoms with Crippen LogP contribution in [-0.2, 0) is 14.4 Å². The van der Waals surface area contributed by atoms with Crippen LogP contribution in [0.5, 0.6) is 0 Å². The lowest BCUT2D eigenvalue weighted by molar-refractivity contribution is -0.142. The number of aliphatic imine (C=N–C) groups is 1. The molecule has 0 aliphatic rings. The van der Waals surface area contributed by atoms with Crippen LogP contribution in [0, 0.1) is 0 Å². The topological polar surface area (TPSA) is 194 Å². The van der Waals surface area contributed by atoms with Gasteiger partial charge in [0.25, 0.3) is 0 Å². The summed E-state index contributed by atoms with van der Waals surface area (Å²) in [6.45, 7) is 0.256. The molecule has 0 rings (SSSR count). The molecule has 10 heteroatoms. The molecule has 2 atom stereocenters. The van der Waals surface area contributed by atoms with Gasteiger partial charge in [0, 0.05) is 13.0 Å². The van der Waals surface area contributed by atoms with Gasteiger partial charge < -0.3 is 32.7 Å². The van der Waals surface area contributed by atoms with Crippen molar-refractivity contribution in [1.82, 2.24) is 5.32 Å². The van der Waals surface area contributed by atoms with E-state index in [0.29, 0.717) is 6.42 Å². The van der Waals surface area contributed by atoms with Gasteiger partial charge in [-0.2, -0.15) is 0 Å². The van der Waals surface area contributed by atoms with E-state index in [1.165, 1.54) is 0 Å². The molecule has 0 radical (unpaired) electrons. The fourth-order valence-corrected chi connectivity index (χ4v) is 1.44. The van der Waals surface area contributed by atoms with Crippen molar-refractivity contribution in [2.75, 3.05) is 6.54 Å². The zero-order chi connectivity index (χ0) is 16.4. The molecule has 0 aliphatic heterocycles. The Hall–Kier alpha value is -2.36. The van der Waals surface area contributed by atoms with E-state index in [2.05, 4.69) is 10.3 Å². The van der Waals surface area contributed by atoms with Gasteiger partial charge in [0.2, 0.25) is 5.91 Å². The smallest absolute Gasteiger partial charge is 0.326 e. The minimum Gasteiger partial charge on any atom is -0.480 e. The number of carboxylic acids is 2. The van der Waals surface area contributed by atoms with Crippen molar-refractivity contribution < 1.29 is 24.6 Å². The molecule has 10 nitrogen and oxygen atoms in total. The molecule has 120 valence electrons. The van der Waals surface area contributed by atoms with Crippen LogP contribution in [0.2, 0.25) is 0 Å². The number of carboxylic acid groups (broad SMARTS) is 2. The lowest BCUT2D eigenvalue weighted by atomic mass is 10.1. The molecule has 0 aromatic heterocycles. The van der Waals surface area contributed by atoms with Crippen LogP contribution in [0.25, 0.3) is 0 Å². The quantitative estimate of drug-likeness (QED) is 0.148. The number of nitrogens with zero attached hydrogens (tertiary/aromatic N) is 1. The highest BCUT2D eigenvalue weighted by Gasteiger charge is 2.20. The van der Waals surface area contributed by atoms with Crippen LogP contribution >= 0.6 is 0 Å². The van der Waals surface area contributed by atoms with E-state index in [4.69, 9.17) is 27.4 Å². The Kier molecular flexibility index (Phi) is 8.46. The summed E-state index contributed by atoms with van der Waals surface area (Å²) in [6, 6.07) is -2.23. The van der Waals surface area contributed by atoms with Crippen molar-refractivity contribution in [3.05, 3.63) is 0 Å². The van der Waals surface area contributed by atoms with Gasteiger partial charge in [0.15, 0.2) is 5.96 Å². The molecule has 9 N–H and O–H groups in total. The van der Waals surface area contributed by atoms with E-state index in [1.54, 1.807) is 0 Å². The van der Waals surface area contributed by atoms with Gasteiger partial charge >= 0.3 is 11.9 Å². The number of nitrogens with two attached hydrogens (primary N) is 3. The zero-order valence-corrected chi connectivity index (χ0v) is 11.5. The number of amides is 1. The van der Waals surface area contributed by atoms with Crippen LogP contribution in [0.1, 0.15) is 25.7 Å². The highest BCUT2D eigenvalue weighted by Crippen LogP contribution is 2.01. The predicted octanol–water partition coefficient (Wildman–Crippen LogP) is -2.20. The molecular formula is C11H21N5O5. The maximum Gasteiger partial charge on any atom is 0.326 e. The monoisotopic (exact) mass is 303 g/mol. The van der Waals surface area contributed by atoms with E-state index in [-0.39, 0.29) is 31.8 Å². The Morgan fingerprint density at radius 2 is 1.71 bits per heavy atom. The number of hydrogen-bond donors (Lipinski definition) is 6. The molecule has 1 amide bonds. The van der Waals surface area contributed by atoms with Gasteiger partial charge in [0.05, 0.1) is 0 Å². The van der Waals surface area contributed by atoms with Gasteiger partial charge in [-0.05, 0) is 19.3 Å². The van der Waals surface area contributed by atoms with Crippen LogP contribution in [0.15, 0.2) is 4.99 Å². The molecule has 0 aromatic carbocycles. The second-order valence-corrected chi connectivity index (χ2v) is 4.39. The number of hydrogen-bond acceptors (Lipinski definition) is 5. The third-order valence-electron chi connectivity index (χ3n) is 2.58. The van der Waals surface area contributed by atoms with E-state index < -0.39 is 29.9 Å². The maximum absolute atomic E-state index is 11.5. The molecule has 0 saturated heterocycles. The second-order valence-electron chi connectivity index (χ2n) is 4.39. The van der Waals surface area contributed by atoms with Gasteiger partial charge in [-0.25, -0.2) is 4.79 Å². The molecule has 0 unspecified atom stereocenters. The molecule has 0 aliphatic carbocycles. The highest BCUT2D eigenvalue weighted by molar-refractivity contribution is 5.84. The molecule has 21 heavy (non-hydrogen) atoms. The third kappa shape index (κ3) is 9.21.